The number of fused-ring (bicyclic) bond motifs is 1. The Morgan fingerprint density at radius 1 is 1.38 bits per heavy atom. The van der Waals surface area contributed by atoms with Gasteiger partial charge in [-0.05, 0) is 25.0 Å². The summed E-state index contributed by atoms with van der Waals surface area (Å²) in [5.41, 5.74) is 7.34. The average molecular weight is 237 g/mol. The quantitative estimate of drug-likeness (QED) is 0.813. The summed E-state index contributed by atoms with van der Waals surface area (Å²) in [7, 11) is 0. The molecular formula is C12H19N3S. The molecule has 0 aliphatic carbocycles. The maximum Gasteiger partial charge on any atom is 0.122 e. The second-order valence-electron chi connectivity index (χ2n) is 4.87. The molecule has 2 atom stereocenters. The predicted octanol–water partition coefficient (Wildman–Crippen LogP) is 2.11. The molecule has 16 heavy (non-hydrogen) atoms. The number of imidazole rings is 1. The summed E-state index contributed by atoms with van der Waals surface area (Å²) in [6.45, 7) is 1.07. The molecule has 3 nitrogen and oxygen atoms in total. The van der Waals surface area contributed by atoms with Gasteiger partial charge in [-0.25, -0.2) is 4.98 Å². The van der Waals surface area contributed by atoms with Crippen LogP contribution in [0.5, 0.6) is 0 Å². The average Bonchev–Trinajstić information content (AvgIpc) is 2.73. The molecular weight excluding hydrogens is 218 g/mol. The van der Waals surface area contributed by atoms with Crippen LogP contribution in [0.2, 0.25) is 0 Å². The molecule has 88 valence electrons. The van der Waals surface area contributed by atoms with Gasteiger partial charge in [0.15, 0.2) is 0 Å². The highest BCUT2D eigenvalue weighted by Gasteiger charge is 2.25. The van der Waals surface area contributed by atoms with Gasteiger partial charge in [0.25, 0.3) is 0 Å². The number of nitrogens with zero attached hydrogens (tertiary/aromatic N) is 2. The maximum atomic E-state index is 5.99. The molecule has 3 rings (SSSR count). The highest BCUT2D eigenvalue weighted by Crippen LogP contribution is 2.38. The Kier molecular flexibility index (Phi) is 2.94. The van der Waals surface area contributed by atoms with Crippen molar-refractivity contribution in [2.45, 2.75) is 49.9 Å². The third-order valence-electron chi connectivity index (χ3n) is 3.63. The lowest BCUT2D eigenvalue weighted by molar-refractivity contribution is 0.455. The van der Waals surface area contributed by atoms with Crippen LogP contribution in [-0.4, -0.2) is 21.3 Å². The standard InChI is InChI=1S/C12H19N3S/c13-9-4-5-15-10(7-9)8-14-12(15)11-3-1-2-6-16-11/h8-9,11H,1-7,13H2. The third kappa shape index (κ3) is 1.89. The Hall–Kier alpha value is -0.480. The fourth-order valence-electron chi connectivity index (χ4n) is 2.72. The van der Waals surface area contributed by atoms with E-state index in [1.165, 1.54) is 36.5 Å². The highest BCUT2D eigenvalue weighted by molar-refractivity contribution is 7.99. The van der Waals surface area contributed by atoms with Gasteiger partial charge in [-0.3, -0.25) is 0 Å². The first kappa shape index (κ1) is 10.7. The van der Waals surface area contributed by atoms with Crippen molar-refractivity contribution in [1.29, 1.82) is 0 Å². The lowest BCUT2D eigenvalue weighted by Gasteiger charge is -2.26. The van der Waals surface area contributed by atoms with E-state index in [2.05, 4.69) is 21.3 Å². The molecule has 2 aliphatic heterocycles. The van der Waals surface area contributed by atoms with Crippen molar-refractivity contribution in [1.82, 2.24) is 9.55 Å². The number of hydrogen-bond acceptors (Lipinski definition) is 3. The third-order valence-corrected chi connectivity index (χ3v) is 5.00. The van der Waals surface area contributed by atoms with Crippen LogP contribution in [0.1, 0.15) is 42.5 Å². The van der Waals surface area contributed by atoms with Crippen LogP contribution in [0.4, 0.5) is 0 Å². The smallest absolute Gasteiger partial charge is 0.122 e. The molecule has 0 bridgehead atoms. The molecule has 0 amide bonds. The minimum atomic E-state index is 0.344. The molecule has 4 heteroatoms. The van der Waals surface area contributed by atoms with Crippen LogP contribution in [-0.2, 0) is 13.0 Å². The van der Waals surface area contributed by atoms with E-state index in [4.69, 9.17) is 5.73 Å². The molecule has 1 aromatic rings. The number of aromatic nitrogens is 2. The summed E-state index contributed by atoms with van der Waals surface area (Å²) in [5.74, 6) is 2.61. The Morgan fingerprint density at radius 2 is 2.31 bits per heavy atom. The van der Waals surface area contributed by atoms with Gasteiger partial charge in [0.2, 0.25) is 0 Å². The van der Waals surface area contributed by atoms with Gasteiger partial charge in [0.05, 0.1) is 5.25 Å². The van der Waals surface area contributed by atoms with Gasteiger partial charge in [-0.2, -0.15) is 11.8 Å². The molecule has 0 aromatic carbocycles. The molecule has 1 saturated heterocycles. The first-order chi connectivity index (χ1) is 7.84. The number of thioether (sulfide) groups is 1. The van der Waals surface area contributed by atoms with Crippen molar-refractivity contribution in [2.24, 2.45) is 5.73 Å². The zero-order chi connectivity index (χ0) is 11.0. The molecule has 0 radical (unpaired) electrons. The van der Waals surface area contributed by atoms with Crippen LogP contribution in [0.3, 0.4) is 0 Å². The molecule has 2 aliphatic rings. The van der Waals surface area contributed by atoms with Crippen molar-refractivity contribution in [2.75, 3.05) is 5.75 Å². The van der Waals surface area contributed by atoms with Crippen LogP contribution >= 0.6 is 11.8 Å². The van der Waals surface area contributed by atoms with Crippen molar-refractivity contribution >= 4 is 11.8 Å². The van der Waals surface area contributed by atoms with E-state index in [0.29, 0.717) is 11.3 Å². The number of nitrogens with two attached hydrogens (primary N) is 1. The number of hydrogen-bond donors (Lipinski definition) is 1. The Labute approximate surface area is 101 Å². The second-order valence-corrected chi connectivity index (χ2v) is 6.18. The molecule has 3 heterocycles. The predicted molar refractivity (Wildman–Crippen MR) is 67.6 cm³/mol. The zero-order valence-corrected chi connectivity index (χ0v) is 10.4. The topological polar surface area (TPSA) is 43.8 Å². The van der Waals surface area contributed by atoms with E-state index < -0.39 is 0 Å². The first-order valence-electron chi connectivity index (χ1n) is 6.26. The highest BCUT2D eigenvalue weighted by atomic mass is 32.2. The van der Waals surface area contributed by atoms with Crippen LogP contribution in [0.25, 0.3) is 0 Å². The fraction of sp³-hybridized carbons (Fsp3) is 0.750. The van der Waals surface area contributed by atoms with Crippen molar-refractivity contribution in [3.63, 3.8) is 0 Å². The van der Waals surface area contributed by atoms with Gasteiger partial charge in [-0.15, -0.1) is 0 Å². The monoisotopic (exact) mass is 237 g/mol. The summed E-state index contributed by atoms with van der Waals surface area (Å²) >= 11 is 2.08. The van der Waals surface area contributed by atoms with E-state index in [0.717, 1.165) is 19.4 Å². The molecule has 0 saturated carbocycles. The number of rotatable bonds is 1. The molecule has 0 spiro atoms. The molecule has 2 N–H and O–H groups in total. The molecule has 1 aromatic heterocycles. The van der Waals surface area contributed by atoms with Gasteiger partial charge >= 0.3 is 0 Å². The minimum Gasteiger partial charge on any atom is -0.331 e. The van der Waals surface area contributed by atoms with E-state index in [1.54, 1.807) is 0 Å². The van der Waals surface area contributed by atoms with Crippen LogP contribution in [0.15, 0.2) is 6.20 Å². The Morgan fingerprint density at radius 3 is 3.12 bits per heavy atom. The summed E-state index contributed by atoms with van der Waals surface area (Å²) in [6, 6.07) is 0.344. The van der Waals surface area contributed by atoms with Crippen molar-refractivity contribution in [3.8, 4) is 0 Å². The van der Waals surface area contributed by atoms with Crippen molar-refractivity contribution in [3.05, 3.63) is 17.7 Å². The SMILES string of the molecule is NC1CCn2c(cnc2C2CCCCS2)C1. The lowest BCUT2D eigenvalue weighted by Crippen LogP contribution is -2.31. The normalized spacial score (nSPS) is 30.1. The minimum absolute atomic E-state index is 0.344. The van der Waals surface area contributed by atoms with E-state index in [1.807, 2.05) is 6.20 Å². The lowest BCUT2D eigenvalue weighted by atomic mass is 10.1. The Balaban J connectivity index is 1.85. The summed E-state index contributed by atoms with van der Waals surface area (Å²) in [6.07, 6.45) is 8.19. The second kappa shape index (κ2) is 4.41. The zero-order valence-electron chi connectivity index (χ0n) is 9.56. The summed E-state index contributed by atoms with van der Waals surface area (Å²) in [5, 5.41) is 0.636. The van der Waals surface area contributed by atoms with Gasteiger partial charge < -0.3 is 10.3 Å². The van der Waals surface area contributed by atoms with Gasteiger partial charge in [-0.1, -0.05) is 6.42 Å². The maximum absolute atomic E-state index is 5.99. The molecule has 1 fully saturated rings. The van der Waals surface area contributed by atoms with E-state index in [-0.39, 0.29) is 0 Å². The van der Waals surface area contributed by atoms with Crippen molar-refractivity contribution < 1.29 is 0 Å². The molecule has 2 unspecified atom stereocenters. The largest absolute Gasteiger partial charge is 0.331 e. The fourth-order valence-corrected chi connectivity index (χ4v) is 4.04. The van der Waals surface area contributed by atoms with Gasteiger partial charge in [0, 0.05) is 30.9 Å². The van der Waals surface area contributed by atoms with Crippen LogP contribution < -0.4 is 5.73 Å². The van der Waals surface area contributed by atoms with Crippen LogP contribution in [0, 0.1) is 0 Å². The summed E-state index contributed by atoms with van der Waals surface area (Å²) in [4.78, 5) is 4.64. The first-order valence-corrected chi connectivity index (χ1v) is 7.31. The Bertz CT molecular complexity index is 368. The summed E-state index contributed by atoms with van der Waals surface area (Å²) < 4.78 is 2.42. The van der Waals surface area contributed by atoms with E-state index >= 15 is 0 Å². The van der Waals surface area contributed by atoms with E-state index in [9.17, 15) is 0 Å². The van der Waals surface area contributed by atoms with Gasteiger partial charge in [0.1, 0.15) is 5.82 Å².